The number of ether oxygens (including phenoxy) is 5. The summed E-state index contributed by atoms with van der Waals surface area (Å²) in [5.41, 5.74) is 4.99. The summed E-state index contributed by atoms with van der Waals surface area (Å²) in [6.45, 7) is 7.62. The molecule has 0 bridgehead atoms. The van der Waals surface area contributed by atoms with Gasteiger partial charge in [0.05, 0.1) is 32.5 Å². The summed E-state index contributed by atoms with van der Waals surface area (Å²) in [7, 11) is 6.38. The maximum atomic E-state index is 12.2. The monoisotopic (exact) mass is 728 g/mol. The number of rotatable bonds is 21. The van der Waals surface area contributed by atoms with E-state index in [0.717, 1.165) is 0 Å². The summed E-state index contributed by atoms with van der Waals surface area (Å²) in [6, 6.07) is 8.79. The zero-order valence-electron chi connectivity index (χ0n) is 27.2. The number of nitriles is 1. The Labute approximate surface area is 294 Å². The molecule has 0 radical (unpaired) electrons. The summed E-state index contributed by atoms with van der Waals surface area (Å²) in [5, 5.41) is 24.3. The molecule has 1 heterocycles. The van der Waals surface area contributed by atoms with Gasteiger partial charge in [-0.05, 0) is 41.7 Å². The van der Waals surface area contributed by atoms with E-state index < -0.39 is 11.5 Å². The molecule has 1 aliphatic heterocycles. The molecule has 2 rings (SSSR count). The zero-order valence-corrected chi connectivity index (χ0v) is 30.5. The Morgan fingerprint density at radius 1 is 1.26 bits per heavy atom. The fraction of sp³-hybridized carbons (Fsp3) is 0.633. The Morgan fingerprint density at radius 2 is 2.06 bits per heavy atom. The first-order valence-electron chi connectivity index (χ1n) is 15.1. The number of nitrogens with zero attached hydrogens (tertiary/aromatic N) is 1. The number of aliphatic hydroxyl groups is 1. The number of hydrogen-bond acceptors (Lipinski definition) is 14. The van der Waals surface area contributed by atoms with Crippen LogP contribution in [0.15, 0.2) is 24.3 Å². The fourth-order valence-corrected chi connectivity index (χ4v) is 7.27. The Morgan fingerprint density at radius 3 is 2.77 bits per heavy atom. The Kier molecular flexibility index (Phi) is 20.8. The van der Waals surface area contributed by atoms with E-state index in [4.69, 9.17) is 29.4 Å². The van der Waals surface area contributed by atoms with Crippen molar-refractivity contribution in [2.24, 2.45) is 5.73 Å². The average Bonchev–Trinajstić information content (AvgIpc) is 3.44. The molecule has 12 nitrogen and oxygen atoms in total. The minimum absolute atomic E-state index is 0.00201. The van der Waals surface area contributed by atoms with Crippen molar-refractivity contribution in [3.05, 3.63) is 29.8 Å². The van der Waals surface area contributed by atoms with Gasteiger partial charge >= 0.3 is 0 Å². The van der Waals surface area contributed by atoms with Crippen molar-refractivity contribution in [3.63, 3.8) is 0 Å². The highest BCUT2D eigenvalue weighted by Crippen LogP contribution is 2.38. The van der Waals surface area contributed by atoms with Crippen LogP contribution >= 0.6 is 43.2 Å². The van der Waals surface area contributed by atoms with Gasteiger partial charge < -0.3 is 45.2 Å². The molecule has 1 fully saturated rings. The van der Waals surface area contributed by atoms with Gasteiger partial charge in [0.2, 0.25) is 13.2 Å². The van der Waals surface area contributed by atoms with E-state index >= 15 is 0 Å². The highest BCUT2D eigenvalue weighted by molar-refractivity contribution is 8.77. The molecule has 260 valence electrons. The van der Waals surface area contributed by atoms with Crippen LogP contribution < -0.4 is 21.1 Å². The lowest BCUT2D eigenvalue weighted by molar-refractivity contribution is -0.126. The maximum absolute atomic E-state index is 12.2. The first-order valence-corrected chi connectivity index (χ1v) is 19.9. The SMILES string of the molecule is CSS[C@H](C#N)O[C@@H]1C[C@H](BC#CCNC(=O)COCCOC(COc2cccc(C(=O)NCCN)c2)SSC(C)(C)C)OC1CO. The molecule has 5 N–H and O–H groups in total. The van der Waals surface area contributed by atoms with Crippen LogP contribution in [-0.4, -0.2) is 117 Å². The van der Waals surface area contributed by atoms with Crippen molar-refractivity contribution in [3.8, 4) is 23.6 Å². The van der Waals surface area contributed by atoms with Crippen molar-refractivity contribution in [2.75, 3.05) is 58.9 Å². The van der Waals surface area contributed by atoms with Gasteiger partial charge in [0.1, 0.15) is 36.6 Å². The smallest absolute Gasteiger partial charge is 0.251 e. The van der Waals surface area contributed by atoms with Gasteiger partial charge in [-0.2, -0.15) is 11.1 Å². The molecule has 1 aliphatic rings. The number of hydrogen-bond donors (Lipinski definition) is 4. The van der Waals surface area contributed by atoms with Crippen LogP contribution in [0.5, 0.6) is 5.75 Å². The fourth-order valence-electron chi connectivity index (χ4n) is 3.88. The second kappa shape index (κ2) is 23.6. The minimum Gasteiger partial charge on any atom is -0.490 e. The number of carbonyl (C=O) groups is 2. The number of amides is 2. The quantitative estimate of drug-likeness (QED) is 0.0477. The normalized spacial score (nSPS) is 18.7. The molecule has 1 aromatic rings. The molecule has 0 spiro atoms. The molecule has 5 atom stereocenters. The van der Waals surface area contributed by atoms with E-state index in [1.807, 2.05) is 6.26 Å². The van der Waals surface area contributed by atoms with E-state index in [0.29, 0.717) is 38.1 Å². The average molecular weight is 729 g/mol. The molecule has 17 heteroatoms. The van der Waals surface area contributed by atoms with Gasteiger partial charge in [-0.25, -0.2) is 0 Å². The van der Waals surface area contributed by atoms with Gasteiger partial charge in [0, 0.05) is 29.4 Å². The van der Waals surface area contributed by atoms with Crippen molar-refractivity contribution in [1.82, 2.24) is 10.6 Å². The second-order valence-corrected chi connectivity index (χ2v) is 16.7. The molecule has 47 heavy (non-hydrogen) atoms. The number of nitrogens with two attached hydrogens (primary N) is 1. The summed E-state index contributed by atoms with van der Waals surface area (Å²) in [4.78, 5) is 24.4. The molecular weight excluding hydrogens is 683 g/mol. The predicted molar refractivity (Wildman–Crippen MR) is 192 cm³/mol. The summed E-state index contributed by atoms with van der Waals surface area (Å²) in [6.07, 6.45) is 1.51. The van der Waals surface area contributed by atoms with E-state index in [1.165, 1.54) is 21.6 Å². The number of aliphatic hydroxyl groups excluding tert-OH is 1. The molecule has 2 unspecified atom stereocenters. The van der Waals surface area contributed by atoms with Gasteiger partial charge in [0.15, 0.2) is 5.44 Å². The Balaban J connectivity index is 1.69. The number of carbonyl (C=O) groups excluding carboxylic acids is 2. The van der Waals surface area contributed by atoms with Crippen LogP contribution in [0.25, 0.3) is 0 Å². The third-order valence-corrected chi connectivity index (χ3v) is 11.2. The van der Waals surface area contributed by atoms with Gasteiger partial charge in [-0.15, -0.1) is 0 Å². The maximum Gasteiger partial charge on any atom is 0.251 e. The zero-order chi connectivity index (χ0) is 34.5. The van der Waals surface area contributed by atoms with E-state index in [-0.39, 0.29) is 73.7 Å². The van der Waals surface area contributed by atoms with E-state index in [2.05, 4.69) is 49.2 Å². The molecule has 0 aliphatic carbocycles. The standard InChI is InChI=1S/C30H45BN4O8S4/c1-30(2,3)47-46-28(20-41-22-8-5-7-21(15-22)29(38)35-12-10-32)40-14-13-39-19-26(37)34-11-6-9-31-25-16-23(24(18-36)42-25)43-27(17-33)45-44-4/h5,7-8,15,23-25,27-28,31,36H,10-14,16,18-20,32H2,1-4H3,(H,34,37)(H,35,38)/t23-,24?,25-,27-,28?/m1/s1. The van der Waals surface area contributed by atoms with Crippen molar-refractivity contribution in [2.45, 2.75) is 61.0 Å². The molecule has 2 amide bonds. The topological polar surface area (TPSA) is 174 Å². The van der Waals surface area contributed by atoms with Crippen molar-refractivity contribution >= 4 is 62.3 Å². The van der Waals surface area contributed by atoms with E-state index in [1.54, 1.807) is 45.9 Å². The molecule has 1 aromatic carbocycles. The first-order chi connectivity index (χ1) is 22.6. The number of benzene rings is 1. The highest BCUT2D eigenvalue weighted by Gasteiger charge is 2.37. The van der Waals surface area contributed by atoms with E-state index in [9.17, 15) is 20.0 Å². The van der Waals surface area contributed by atoms with Crippen LogP contribution in [0.3, 0.4) is 0 Å². The van der Waals surface area contributed by atoms with Gasteiger partial charge in [-0.3, -0.25) is 9.59 Å². The Bertz CT molecular complexity index is 1200. The van der Waals surface area contributed by atoms with Crippen LogP contribution in [0.2, 0.25) is 0 Å². The van der Waals surface area contributed by atoms with Crippen molar-refractivity contribution in [1.29, 1.82) is 5.26 Å². The third-order valence-electron chi connectivity index (χ3n) is 5.96. The molecule has 1 saturated heterocycles. The predicted octanol–water partition coefficient (Wildman–Crippen LogP) is 2.16. The molecular formula is C30H45BN4O8S4. The van der Waals surface area contributed by atoms with Gasteiger partial charge in [-0.1, -0.05) is 65.1 Å². The summed E-state index contributed by atoms with van der Waals surface area (Å²) in [5.74, 6) is 5.93. The van der Waals surface area contributed by atoms with Crippen LogP contribution in [0.4, 0.5) is 0 Å². The van der Waals surface area contributed by atoms with Crippen LogP contribution in [0.1, 0.15) is 37.6 Å². The largest absolute Gasteiger partial charge is 0.490 e. The highest BCUT2D eigenvalue weighted by atomic mass is 33.1. The lowest BCUT2D eigenvalue weighted by Gasteiger charge is -2.22. The Hall–Kier alpha value is -1.77. The lowest BCUT2D eigenvalue weighted by Crippen LogP contribution is -2.30. The third kappa shape index (κ3) is 18.0. The van der Waals surface area contributed by atoms with Crippen LogP contribution in [0, 0.1) is 23.1 Å². The first kappa shape index (κ1) is 41.4. The summed E-state index contributed by atoms with van der Waals surface area (Å²) < 4.78 is 29.0. The van der Waals surface area contributed by atoms with Gasteiger partial charge in [0.25, 0.3) is 5.91 Å². The molecule has 0 aromatic heterocycles. The lowest BCUT2D eigenvalue weighted by atomic mass is 9.71. The number of nitrogens with one attached hydrogen (secondary N) is 2. The summed E-state index contributed by atoms with van der Waals surface area (Å²) >= 11 is 0. The van der Waals surface area contributed by atoms with Crippen molar-refractivity contribution < 1.29 is 38.4 Å². The van der Waals surface area contributed by atoms with Crippen LogP contribution in [-0.2, 0) is 23.7 Å². The molecule has 0 saturated carbocycles. The second-order valence-electron chi connectivity index (χ2n) is 11.0. The minimum atomic E-state index is -0.638.